The van der Waals surface area contributed by atoms with Crippen molar-refractivity contribution in [2.75, 3.05) is 5.73 Å². The number of nitrogens with zero attached hydrogens (tertiary/aromatic N) is 3. The maximum Gasteiger partial charge on any atom is 0.473 e. The summed E-state index contributed by atoms with van der Waals surface area (Å²) in [6, 6.07) is 0. The van der Waals surface area contributed by atoms with Crippen LogP contribution in [-0.2, 0) is 18.3 Å². The summed E-state index contributed by atoms with van der Waals surface area (Å²) < 4.78 is 31.1. The first-order valence-corrected chi connectivity index (χ1v) is 11.2. The van der Waals surface area contributed by atoms with E-state index < -0.39 is 37.4 Å². The molecule has 3 rings (SSSR count). The number of phosphoric ester groups is 1. The fraction of sp³-hybridized carbons (Fsp3) is 0.722. The van der Waals surface area contributed by atoms with Crippen LogP contribution in [0.1, 0.15) is 60.6 Å². The van der Waals surface area contributed by atoms with Gasteiger partial charge in [0.25, 0.3) is 5.56 Å². The van der Waals surface area contributed by atoms with Crippen LogP contribution in [0, 0.1) is 5.41 Å². The van der Waals surface area contributed by atoms with Gasteiger partial charge in [-0.3, -0.25) is 23.4 Å². The fourth-order valence-corrected chi connectivity index (χ4v) is 4.76. The Kier molecular flexibility index (Phi) is 5.90. The molecule has 1 unspecified atom stereocenters. The lowest BCUT2D eigenvalue weighted by Crippen LogP contribution is -2.29. The molecule has 1 aliphatic heterocycles. The molecule has 1 aliphatic rings. The van der Waals surface area contributed by atoms with Crippen molar-refractivity contribution in [1.29, 1.82) is 0 Å². The highest BCUT2D eigenvalue weighted by atomic mass is 31.2. The number of phosphoric acid groups is 1. The third-order valence-electron chi connectivity index (χ3n) is 4.41. The van der Waals surface area contributed by atoms with Crippen LogP contribution < -0.4 is 11.3 Å². The van der Waals surface area contributed by atoms with E-state index in [1.165, 1.54) is 6.33 Å². The second-order valence-corrected chi connectivity index (χ2v) is 11.1. The van der Waals surface area contributed by atoms with E-state index in [0.717, 1.165) is 0 Å². The van der Waals surface area contributed by atoms with Crippen LogP contribution in [0.3, 0.4) is 0 Å². The van der Waals surface area contributed by atoms with Crippen molar-refractivity contribution in [2.24, 2.45) is 5.41 Å². The molecule has 0 spiro atoms. The van der Waals surface area contributed by atoms with E-state index in [1.807, 2.05) is 20.8 Å². The Hall–Kier alpha value is -1.78. The monoisotopic (exact) mass is 443 g/mol. The molecule has 0 amide bonds. The number of nitrogen functional groups attached to an aromatic ring is 1. The molecule has 12 heteroatoms. The van der Waals surface area contributed by atoms with Crippen LogP contribution in [0.25, 0.3) is 11.2 Å². The number of hydrogen-bond donors (Lipinski definition) is 3. The predicted octanol–water partition coefficient (Wildman–Crippen LogP) is 2.73. The number of anilines is 1. The van der Waals surface area contributed by atoms with Gasteiger partial charge in [0, 0.05) is 6.42 Å². The normalized spacial score (nSPS) is 25.0. The Morgan fingerprint density at radius 3 is 2.63 bits per heavy atom. The first-order valence-electron chi connectivity index (χ1n) is 9.73. The summed E-state index contributed by atoms with van der Waals surface area (Å²) >= 11 is 0. The maximum absolute atomic E-state index is 12.6. The number of imidazole rings is 1. The quantitative estimate of drug-likeness (QED) is 0.592. The first-order chi connectivity index (χ1) is 13.6. The van der Waals surface area contributed by atoms with Crippen LogP contribution >= 0.6 is 7.82 Å². The Morgan fingerprint density at radius 1 is 1.37 bits per heavy atom. The Labute approximate surface area is 174 Å². The number of aromatic nitrogens is 4. The van der Waals surface area contributed by atoms with Gasteiger partial charge in [-0.25, -0.2) is 9.55 Å². The Bertz CT molecular complexity index is 1020. The van der Waals surface area contributed by atoms with Gasteiger partial charge in [0.1, 0.15) is 6.23 Å². The molecule has 4 atom stereocenters. The summed E-state index contributed by atoms with van der Waals surface area (Å²) in [4.78, 5) is 33.0. The van der Waals surface area contributed by atoms with Gasteiger partial charge >= 0.3 is 7.82 Å². The SMILES string of the molecule is CC(C)(C)C[C@H]1O[C@@H](n2cnc3c(=O)[nH]c(N)nc32)C[C@@H]1OP(=O)(O)OC(C)(C)C. The van der Waals surface area contributed by atoms with Gasteiger partial charge in [-0.15, -0.1) is 0 Å². The minimum absolute atomic E-state index is 0.0373. The average Bonchev–Trinajstić information content (AvgIpc) is 3.07. The van der Waals surface area contributed by atoms with Crippen molar-refractivity contribution in [3.63, 3.8) is 0 Å². The van der Waals surface area contributed by atoms with Gasteiger partial charge < -0.3 is 15.4 Å². The molecule has 4 N–H and O–H groups in total. The highest BCUT2D eigenvalue weighted by Gasteiger charge is 2.44. The molecule has 3 heterocycles. The number of ether oxygens (including phenoxy) is 1. The lowest BCUT2D eigenvalue weighted by molar-refractivity contribution is -0.0402. The van der Waals surface area contributed by atoms with E-state index in [-0.39, 0.29) is 28.9 Å². The molecule has 0 saturated carbocycles. The van der Waals surface area contributed by atoms with Gasteiger partial charge in [0.2, 0.25) is 5.95 Å². The minimum atomic E-state index is -4.33. The molecule has 30 heavy (non-hydrogen) atoms. The lowest BCUT2D eigenvalue weighted by Gasteiger charge is -2.29. The Balaban J connectivity index is 1.90. The van der Waals surface area contributed by atoms with Crippen LogP contribution in [0.15, 0.2) is 11.1 Å². The maximum atomic E-state index is 12.6. The van der Waals surface area contributed by atoms with Crippen LogP contribution in [-0.4, -0.2) is 42.2 Å². The number of fused-ring (bicyclic) bond motifs is 1. The average molecular weight is 443 g/mol. The number of hydrogen-bond acceptors (Lipinski definition) is 8. The molecule has 2 aromatic rings. The number of nitrogens with one attached hydrogen (secondary N) is 1. The predicted molar refractivity (Wildman–Crippen MR) is 111 cm³/mol. The van der Waals surface area contributed by atoms with Crippen molar-refractivity contribution >= 4 is 24.9 Å². The van der Waals surface area contributed by atoms with Crippen molar-refractivity contribution in [1.82, 2.24) is 19.5 Å². The van der Waals surface area contributed by atoms with Gasteiger partial charge in [0.15, 0.2) is 11.2 Å². The zero-order chi connectivity index (χ0) is 22.5. The number of rotatable bonds is 5. The van der Waals surface area contributed by atoms with E-state index in [4.69, 9.17) is 19.5 Å². The zero-order valence-electron chi connectivity index (χ0n) is 18.1. The topological polar surface area (TPSA) is 155 Å². The standard InChI is InChI=1S/C18H30N5O6P/c1-17(2,3)8-11-10(28-30(25,26)29-18(4,5)6)7-12(27-11)23-9-20-13-14(23)21-16(19)22-15(13)24/h9-12H,7-8H2,1-6H3,(H,25,26)(H3,19,21,22,24)/t10-,11+,12+/m0/s1. The van der Waals surface area contributed by atoms with Gasteiger partial charge in [-0.05, 0) is 32.6 Å². The molecule has 0 aromatic carbocycles. The van der Waals surface area contributed by atoms with Crippen molar-refractivity contribution in [3.05, 3.63) is 16.7 Å². The minimum Gasteiger partial charge on any atom is -0.369 e. The number of nitrogens with two attached hydrogens (primary N) is 1. The molecular weight excluding hydrogens is 413 g/mol. The van der Waals surface area contributed by atoms with E-state index in [0.29, 0.717) is 6.42 Å². The molecular formula is C18H30N5O6P. The van der Waals surface area contributed by atoms with Crippen LogP contribution in [0.5, 0.6) is 0 Å². The van der Waals surface area contributed by atoms with E-state index >= 15 is 0 Å². The summed E-state index contributed by atoms with van der Waals surface area (Å²) in [7, 11) is -4.33. The molecule has 0 radical (unpaired) electrons. The van der Waals surface area contributed by atoms with Gasteiger partial charge in [-0.2, -0.15) is 4.98 Å². The van der Waals surface area contributed by atoms with E-state index in [2.05, 4.69) is 15.0 Å². The van der Waals surface area contributed by atoms with Crippen molar-refractivity contribution < 1.29 is 23.2 Å². The van der Waals surface area contributed by atoms with E-state index in [1.54, 1.807) is 25.3 Å². The van der Waals surface area contributed by atoms with E-state index in [9.17, 15) is 14.3 Å². The summed E-state index contributed by atoms with van der Waals surface area (Å²) in [6.07, 6.45) is 0.485. The Morgan fingerprint density at radius 2 is 2.03 bits per heavy atom. The third kappa shape index (κ3) is 5.47. The molecule has 0 aliphatic carbocycles. The molecule has 168 valence electrons. The van der Waals surface area contributed by atoms with Gasteiger partial charge in [-0.1, -0.05) is 20.8 Å². The zero-order valence-corrected chi connectivity index (χ0v) is 19.0. The summed E-state index contributed by atoms with van der Waals surface area (Å²) in [5.74, 6) is -0.0373. The largest absolute Gasteiger partial charge is 0.473 e. The molecule has 2 aromatic heterocycles. The summed E-state index contributed by atoms with van der Waals surface area (Å²) in [6.45, 7) is 11.1. The van der Waals surface area contributed by atoms with Gasteiger partial charge in [0.05, 0.1) is 24.1 Å². The smallest absolute Gasteiger partial charge is 0.369 e. The number of H-pyrrole nitrogens is 1. The highest BCUT2D eigenvalue weighted by molar-refractivity contribution is 7.47. The second kappa shape index (κ2) is 7.72. The van der Waals surface area contributed by atoms with Crippen molar-refractivity contribution in [2.45, 2.75) is 78.4 Å². The highest BCUT2D eigenvalue weighted by Crippen LogP contribution is 2.52. The molecule has 0 bridgehead atoms. The van der Waals surface area contributed by atoms with Crippen molar-refractivity contribution in [3.8, 4) is 0 Å². The molecule has 11 nitrogen and oxygen atoms in total. The number of aromatic amines is 1. The second-order valence-electron chi connectivity index (χ2n) is 9.72. The lowest BCUT2D eigenvalue weighted by atomic mass is 9.87. The molecule has 1 fully saturated rings. The molecule has 1 saturated heterocycles. The van der Waals surface area contributed by atoms with Crippen LogP contribution in [0.4, 0.5) is 5.95 Å². The first kappa shape index (κ1) is 22.9. The van der Waals surface area contributed by atoms with Crippen LogP contribution in [0.2, 0.25) is 0 Å². The summed E-state index contributed by atoms with van der Waals surface area (Å²) in [5, 5.41) is 0. The fourth-order valence-electron chi connectivity index (χ4n) is 3.46. The third-order valence-corrected chi connectivity index (χ3v) is 5.73. The summed E-state index contributed by atoms with van der Waals surface area (Å²) in [5.41, 5.74) is 4.65.